The zero-order valence-corrected chi connectivity index (χ0v) is 13.1. The number of hydrogen-bond acceptors (Lipinski definition) is 4. The summed E-state index contributed by atoms with van der Waals surface area (Å²) in [6, 6.07) is 6.36. The van der Waals surface area contributed by atoms with Crippen molar-refractivity contribution in [3.05, 3.63) is 29.8 Å². The van der Waals surface area contributed by atoms with Crippen molar-refractivity contribution in [2.45, 2.75) is 33.3 Å². The normalized spacial score (nSPS) is 12.5. The summed E-state index contributed by atoms with van der Waals surface area (Å²) in [4.78, 5) is 22.6. The largest absolute Gasteiger partial charge is 0.482 e. The van der Waals surface area contributed by atoms with E-state index in [1.54, 1.807) is 25.1 Å². The van der Waals surface area contributed by atoms with E-state index in [1.165, 1.54) is 6.07 Å². The van der Waals surface area contributed by atoms with Gasteiger partial charge in [-0.25, -0.2) is 4.79 Å². The van der Waals surface area contributed by atoms with Crippen LogP contribution in [-0.2, 0) is 4.79 Å². The fourth-order valence-corrected chi connectivity index (χ4v) is 2.17. The van der Waals surface area contributed by atoms with Crippen LogP contribution in [0.1, 0.15) is 37.6 Å². The molecule has 122 valence electrons. The first kappa shape index (κ1) is 18.0. The van der Waals surface area contributed by atoms with Crippen molar-refractivity contribution < 1.29 is 24.5 Å². The first-order chi connectivity index (χ1) is 10.2. The van der Waals surface area contributed by atoms with Crippen LogP contribution < -0.4 is 10.1 Å². The van der Waals surface area contributed by atoms with Crippen molar-refractivity contribution in [3.63, 3.8) is 0 Å². The molecule has 1 amide bonds. The highest BCUT2D eigenvalue weighted by Gasteiger charge is 2.21. The fourth-order valence-electron chi connectivity index (χ4n) is 2.17. The van der Waals surface area contributed by atoms with Crippen molar-refractivity contribution in [1.29, 1.82) is 0 Å². The van der Waals surface area contributed by atoms with E-state index in [1.807, 2.05) is 13.8 Å². The van der Waals surface area contributed by atoms with Crippen LogP contribution in [0.2, 0.25) is 0 Å². The standard InChI is InChI=1S/C16H23NO5/c1-11(18)8-16(2,3)10-17-15(21)12-5-4-6-13(7-12)22-9-14(19)20/h4-7,11,18H,8-10H2,1-3H3,(H,17,21)(H,19,20). The van der Waals surface area contributed by atoms with E-state index >= 15 is 0 Å². The van der Waals surface area contributed by atoms with Gasteiger partial charge in [-0.3, -0.25) is 4.79 Å². The molecule has 0 aliphatic rings. The van der Waals surface area contributed by atoms with Gasteiger partial charge in [0.1, 0.15) is 5.75 Å². The lowest BCUT2D eigenvalue weighted by Crippen LogP contribution is -2.35. The van der Waals surface area contributed by atoms with E-state index < -0.39 is 18.7 Å². The van der Waals surface area contributed by atoms with Gasteiger partial charge in [0, 0.05) is 12.1 Å². The third kappa shape index (κ3) is 6.58. The Morgan fingerprint density at radius 2 is 2.05 bits per heavy atom. The molecule has 0 radical (unpaired) electrons. The molecule has 22 heavy (non-hydrogen) atoms. The van der Waals surface area contributed by atoms with Gasteiger partial charge in [-0.15, -0.1) is 0 Å². The van der Waals surface area contributed by atoms with Crippen LogP contribution in [0, 0.1) is 5.41 Å². The van der Waals surface area contributed by atoms with Gasteiger partial charge >= 0.3 is 5.97 Å². The summed E-state index contributed by atoms with van der Waals surface area (Å²) in [5.41, 5.74) is 0.178. The molecule has 0 spiro atoms. The van der Waals surface area contributed by atoms with E-state index in [-0.39, 0.29) is 11.3 Å². The number of aliphatic hydroxyl groups is 1. The Hall–Kier alpha value is -2.08. The van der Waals surface area contributed by atoms with Crippen LogP contribution >= 0.6 is 0 Å². The Balaban J connectivity index is 2.62. The summed E-state index contributed by atoms with van der Waals surface area (Å²) in [7, 11) is 0. The number of carboxylic acid groups (broad SMARTS) is 1. The molecule has 1 rings (SSSR count). The molecule has 1 aromatic rings. The molecule has 0 aliphatic carbocycles. The van der Waals surface area contributed by atoms with E-state index in [4.69, 9.17) is 9.84 Å². The molecular weight excluding hydrogens is 286 g/mol. The molecule has 1 aromatic carbocycles. The van der Waals surface area contributed by atoms with Gasteiger partial charge in [0.05, 0.1) is 6.10 Å². The second-order valence-electron chi connectivity index (χ2n) is 6.11. The minimum atomic E-state index is -1.07. The highest BCUT2D eigenvalue weighted by atomic mass is 16.5. The molecular formula is C16H23NO5. The summed E-state index contributed by atoms with van der Waals surface area (Å²) < 4.78 is 5.04. The number of amides is 1. The highest BCUT2D eigenvalue weighted by Crippen LogP contribution is 2.21. The number of carboxylic acids is 1. The molecule has 6 heteroatoms. The van der Waals surface area contributed by atoms with E-state index in [2.05, 4.69) is 5.32 Å². The van der Waals surface area contributed by atoms with Crippen molar-refractivity contribution in [3.8, 4) is 5.75 Å². The number of rotatable bonds is 8. The number of aliphatic hydroxyl groups excluding tert-OH is 1. The SMILES string of the molecule is CC(O)CC(C)(C)CNC(=O)c1cccc(OCC(=O)O)c1. The van der Waals surface area contributed by atoms with Gasteiger partial charge in [0.25, 0.3) is 5.91 Å². The van der Waals surface area contributed by atoms with Crippen LogP contribution in [0.25, 0.3) is 0 Å². The Morgan fingerprint density at radius 3 is 2.64 bits per heavy atom. The minimum absolute atomic E-state index is 0.221. The number of nitrogens with one attached hydrogen (secondary N) is 1. The lowest BCUT2D eigenvalue weighted by atomic mass is 9.87. The number of hydrogen-bond donors (Lipinski definition) is 3. The van der Waals surface area contributed by atoms with Crippen LogP contribution in [-0.4, -0.2) is 41.3 Å². The quantitative estimate of drug-likeness (QED) is 0.679. The molecule has 1 unspecified atom stereocenters. The monoisotopic (exact) mass is 309 g/mol. The summed E-state index contributed by atoms with van der Waals surface area (Å²) >= 11 is 0. The van der Waals surface area contributed by atoms with E-state index in [9.17, 15) is 14.7 Å². The Kier molecular flexibility index (Phi) is 6.37. The summed E-state index contributed by atoms with van der Waals surface area (Å²) in [5, 5.41) is 20.8. The average Bonchev–Trinajstić information content (AvgIpc) is 2.41. The molecule has 0 aromatic heterocycles. The van der Waals surface area contributed by atoms with Gasteiger partial charge in [-0.05, 0) is 37.0 Å². The molecule has 0 saturated carbocycles. The molecule has 0 saturated heterocycles. The van der Waals surface area contributed by atoms with Gasteiger partial charge in [-0.1, -0.05) is 19.9 Å². The van der Waals surface area contributed by atoms with Crippen LogP contribution in [0.5, 0.6) is 5.75 Å². The first-order valence-electron chi connectivity index (χ1n) is 7.10. The lowest BCUT2D eigenvalue weighted by molar-refractivity contribution is -0.139. The highest BCUT2D eigenvalue weighted by molar-refractivity contribution is 5.94. The van der Waals surface area contributed by atoms with Crippen LogP contribution in [0.3, 0.4) is 0 Å². The number of carbonyl (C=O) groups excluding carboxylic acids is 1. The van der Waals surface area contributed by atoms with E-state index in [0.717, 1.165) is 0 Å². The second kappa shape index (κ2) is 7.79. The molecule has 3 N–H and O–H groups in total. The Labute approximate surface area is 130 Å². The average molecular weight is 309 g/mol. The Bertz CT molecular complexity index is 525. The predicted molar refractivity (Wildman–Crippen MR) is 82.0 cm³/mol. The molecule has 0 fully saturated rings. The van der Waals surface area contributed by atoms with Gasteiger partial charge in [0.2, 0.25) is 0 Å². The third-order valence-electron chi connectivity index (χ3n) is 3.03. The molecule has 1 atom stereocenters. The maximum atomic E-state index is 12.1. The number of aliphatic carboxylic acids is 1. The predicted octanol–water partition coefficient (Wildman–Crippen LogP) is 1.68. The van der Waals surface area contributed by atoms with E-state index in [0.29, 0.717) is 24.3 Å². The topological polar surface area (TPSA) is 95.9 Å². The van der Waals surface area contributed by atoms with Gasteiger partial charge in [0.15, 0.2) is 6.61 Å². The molecule has 6 nitrogen and oxygen atoms in total. The fraction of sp³-hybridized carbons (Fsp3) is 0.500. The molecule has 0 bridgehead atoms. The second-order valence-corrected chi connectivity index (χ2v) is 6.11. The third-order valence-corrected chi connectivity index (χ3v) is 3.03. The van der Waals surface area contributed by atoms with Crippen LogP contribution in [0.4, 0.5) is 0 Å². The van der Waals surface area contributed by atoms with Crippen molar-refractivity contribution in [1.82, 2.24) is 5.32 Å². The number of carbonyl (C=O) groups is 2. The minimum Gasteiger partial charge on any atom is -0.482 e. The van der Waals surface area contributed by atoms with Crippen molar-refractivity contribution in [2.24, 2.45) is 5.41 Å². The molecule has 0 aliphatic heterocycles. The smallest absolute Gasteiger partial charge is 0.341 e. The maximum Gasteiger partial charge on any atom is 0.341 e. The van der Waals surface area contributed by atoms with Gasteiger partial charge in [-0.2, -0.15) is 0 Å². The number of benzene rings is 1. The van der Waals surface area contributed by atoms with Crippen molar-refractivity contribution >= 4 is 11.9 Å². The maximum absolute atomic E-state index is 12.1. The zero-order chi connectivity index (χ0) is 16.8. The Morgan fingerprint density at radius 1 is 1.36 bits per heavy atom. The summed E-state index contributed by atoms with van der Waals surface area (Å²) in [5.74, 6) is -1.01. The number of ether oxygens (including phenoxy) is 1. The summed E-state index contributed by atoms with van der Waals surface area (Å²) in [6.07, 6.45) is 0.148. The first-order valence-corrected chi connectivity index (χ1v) is 7.10. The van der Waals surface area contributed by atoms with Crippen molar-refractivity contribution in [2.75, 3.05) is 13.2 Å². The summed E-state index contributed by atoms with van der Waals surface area (Å²) in [6.45, 7) is 5.62. The van der Waals surface area contributed by atoms with Crippen LogP contribution in [0.15, 0.2) is 24.3 Å². The molecule has 0 heterocycles. The lowest BCUT2D eigenvalue weighted by Gasteiger charge is -2.26. The zero-order valence-electron chi connectivity index (χ0n) is 13.1. The van der Waals surface area contributed by atoms with Gasteiger partial charge < -0.3 is 20.3 Å².